The zero-order valence-corrected chi connectivity index (χ0v) is 18.2. The molecule has 12 heteroatoms. The molecule has 176 valence electrons. The number of carboxylic acid groups (broad SMARTS) is 1. The van der Waals surface area contributed by atoms with E-state index in [2.05, 4.69) is 9.72 Å². The fourth-order valence-corrected chi connectivity index (χ4v) is 3.59. The molecule has 32 heavy (non-hydrogen) atoms. The number of thiazole rings is 1. The Morgan fingerprint density at radius 3 is 2.44 bits per heavy atom. The Balaban J connectivity index is 2.02. The average molecular weight is 476 g/mol. The van der Waals surface area contributed by atoms with E-state index in [1.54, 1.807) is 31.2 Å². The zero-order valence-electron chi connectivity index (χ0n) is 17.3. The molecular formula is C20H23F3N2O6S. The van der Waals surface area contributed by atoms with Crippen molar-refractivity contribution in [3.8, 4) is 5.75 Å². The molecule has 0 saturated heterocycles. The number of carbonyl (C=O) groups excluding carboxylic acids is 1. The van der Waals surface area contributed by atoms with Gasteiger partial charge in [0.15, 0.2) is 11.6 Å². The summed E-state index contributed by atoms with van der Waals surface area (Å²) in [7, 11) is 1.25. The van der Waals surface area contributed by atoms with Crippen LogP contribution in [0.5, 0.6) is 5.75 Å². The van der Waals surface area contributed by atoms with Gasteiger partial charge in [-0.05, 0) is 31.0 Å². The molecule has 0 saturated carbocycles. The number of halogens is 3. The van der Waals surface area contributed by atoms with Crippen molar-refractivity contribution in [2.75, 3.05) is 26.8 Å². The van der Waals surface area contributed by atoms with E-state index in [9.17, 15) is 33.0 Å². The lowest BCUT2D eigenvalue weighted by molar-refractivity contribution is -0.143. The lowest BCUT2D eigenvalue weighted by Gasteiger charge is -2.29. The molecule has 1 heterocycles. The van der Waals surface area contributed by atoms with E-state index in [1.165, 1.54) is 12.0 Å². The third-order valence-electron chi connectivity index (χ3n) is 4.51. The van der Waals surface area contributed by atoms with Crippen LogP contribution >= 0.6 is 11.3 Å². The first kappa shape index (κ1) is 25.6. The van der Waals surface area contributed by atoms with Crippen molar-refractivity contribution in [2.24, 2.45) is 0 Å². The molecule has 2 unspecified atom stereocenters. The summed E-state index contributed by atoms with van der Waals surface area (Å²) in [6.07, 6.45) is -5.58. The second-order valence-electron chi connectivity index (χ2n) is 6.98. The number of alkyl halides is 3. The number of carboxylic acids is 1. The average Bonchev–Trinajstić information content (AvgIpc) is 3.23. The van der Waals surface area contributed by atoms with Crippen molar-refractivity contribution in [2.45, 2.75) is 31.7 Å². The van der Waals surface area contributed by atoms with Crippen molar-refractivity contribution in [3.63, 3.8) is 0 Å². The highest BCUT2D eigenvalue weighted by molar-refractivity contribution is 7.09. The number of aliphatic hydroxyl groups excluding tert-OH is 1. The quantitative estimate of drug-likeness (QED) is 0.477. The molecule has 2 N–H and O–H groups in total. The molecule has 0 spiro atoms. The number of carbonyl (C=O) groups is 2. The second-order valence-corrected chi connectivity index (χ2v) is 7.83. The molecule has 0 aliphatic rings. The highest BCUT2D eigenvalue weighted by Gasteiger charge is 2.35. The monoisotopic (exact) mass is 476 g/mol. The normalized spacial score (nSPS) is 13.6. The van der Waals surface area contributed by atoms with Crippen LogP contribution in [0.2, 0.25) is 0 Å². The van der Waals surface area contributed by atoms with E-state index in [0.717, 1.165) is 10.9 Å². The minimum Gasteiger partial charge on any atom is -0.482 e. The fourth-order valence-electron chi connectivity index (χ4n) is 2.85. The van der Waals surface area contributed by atoms with Crippen LogP contribution in [0.4, 0.5) is 13.2 Å². The number of aliphatic carboxylic acids is 1. The maximum Gasteiger partial charge on any atom is 0.443 e. The van der Waals surface area contributed by atoms with Crippen molar-refractivity contribution in [3.05, 3.63) is 45.9 Å². The van der Waals surface area contributed by atoms with Crippen LogP contribution in [0.25, 0.3) is 0 Å². The van der Waals surface area contributed by atoms with Crippen molar-refractivity contribution >= 4 is 23.3 Å². The molecule has 1 aromatic carbocycles. The number of hydrogen-bond acceptors (Lipinski definition) is 8. The highest BCUT2D eigenvalue weighted by atomic mass is 32.1. The summed E-state index contributed by atoms with van der Waals surface area (Å²) in [5, 5.41) is 19.6. The van der Waals surface area contributed by atoms with Gasteiger partial charge in [0, 0.05) is 18.0 Å². The van der Waals surface area contributed by atoms with E-state index < -0.39 is 35.8 Å². The summed E-state index contributed by atoms with van der Waals surface area (Å²) < 4.78 is 48.0. The fraction of sp³-hybridized carbons (Fsp3) is 0.450. The van der Waals surface area contributed by atoms with Crippen LogP contribution in [-0.2, 0) is 26.9 Å². The van der Waals surface area contributed by atoms with E-state index in [1.807, 2.05) is 0 Å². The summed E-state index contributed by atoms with van der Waals surface area (Å²) in [6.45, 7) is 0.909. The first-order chi connectivity index (χ1) is 15.0. The van der Waals surface area contributed by atoms with E-state index in [-0.39, 0.29) is 24.9 Å². The van der Waals surface area contributed by atoms with Crippen LogP contribution in [0.1, 0.15) is 29.3 Å². The van der Waals surface area contributed by atoms with Gasteiger partial charge < -0.3 is 19.7 Å². The zero-order chi connectivity index (χ0) is 23.9. The van der Waals surface area contributed by atoms with Gasteiger partial charge >= 0.3 is 18.1 Å². The van der Waals surface area contributed by atoms with Gasteiger partial charge in [-0.3, -0.25) is 9.69 Å². The van der Waals surface area contributed by atoms with Gasteiger partial charge in [-0.15, -0.1) is 11.3 Å². The first-order valence-electron chi connectivity index (χ1n) is 9.44. The number of rotatable bonds is 11. The second kappa shape index (κ2) is 11.2. The van der Waals surface area contributed by atoms with Crippen LogP contribution in [0.15, 0.2) is 29.6 Å². The van der Waals surface area contributed by atoms with Gasteiger partial charge in [0.25, 0.3) is 0 Å². The lowest BCUT2D eigenvalue weighted by atomic mass is 10.0. The predicted octanol–water partition coefficient (Wildman–Crippen LogP) is 2.76. The van der Waals surface area contributed by atoms with Gasteiger partial charge in [0.05, 0.1) is 19.3 Å². The third kappa shape index (κ3) is 7.77. The van der Waals surface area contributed by atoms with Gasteiger partial charge in [0.1, 0.15) is 11.9 Å². The van der Waals surface area contributed by atoms with Crippen LogP contribution in [-0.4, -0.2) is 64.9 Å². The topological polar surface area (TPSA) is 109 Å². The molecule has 0 bridgehead atoms. The Bertz CT molecular complexity index is 903. The Kier molecular flexibility index (Phi) is 8.99. The van der Waals surface area contributed by atoms with Gasteiger partial charge in [-0.2, -0.15) is 13.2 Å². The number of hydrogen-bond donors (Lipinski definition) is 2. The van der Waals surface area contributed by atoms with E-state index in [0.29, 0.717) is 23.5 Å². The highest BCUT2D eigenvalue weighted by Crippen LogP contribution is 2.33. The molecule has 2 atom stereocenters. The molecule has 8 nitrogen and oxygen atoms in total. The minimum absolute atomic E-state index is 0.156. The molecule has 2 rings (SSSR count). The number of ether oxygens (including phenoxy) is 2. The molecule has 0 fully saturated rings. The molecule has 0 aliphatic heterocycles. The summed E-state index contributed by atoms with van der Waals surface area (Å²) in [5.74, 6) is -1.20. The number of nitrogens with zero attached hydrogens (tertiary/aromatic N) is 2. The largest absolute Gasteiger partial charge is 0.482 e. The standard InChI is InChI=1S/C20H23F3N2O6S/c1-12(7-13-3-5-14(6-4-13)31-10-18(29)30-2)25(9-17(27)28)8-16(26)15-11-32-19(24-15)20(21,22)23/h3-6,11-12,16,26H,7-10H2,1-2H3,(H,27,28). The molecule has 0 amide bonds. The summed E-state index contributed by atoms with van der Waals surface area (Å²) >= 11 is 0.373. The van der Waals surface area contributed by atoms with Crippen molar-refractivity contribution < 1.29 is 42.4 Å². The van der Waals surface area contributed by atoms with Gasteiger partial charge in [-0.25, -0.2) is 9.78 Å². The number of methoxy groups -OCH3 is 1. The maximum atomic E-state index is 12.8. The van der Waals surface area contributed by atoms with E-state index >= 15 is 0 Å². The molecule has 1 aromatic heterocycles. The van der Waals surface area contributed by atoms with Gasteiger partial charge in [-0.1, -0.05) is 12.1 Å². The summed E-state index contributed by atoms with van der Waals surface area (Å²) in [6, 6.07) is 6.43. The lowest BCUT2D eigenvalue weighted by Crippen LogP contribution is -2.41. The Morgan fingerprint density at radius 2 is 1.91 bits per heavy atom. The number of aromatic nitrogens is 1. The van der Waals surface area contributed by atoms with Crippen molar-refractivity contribution in [1.82, 2.24) is 9.88 Å². The van der Waals surface area contributed by atoms with Crippen LogP contribution in [0, 0.1) is 0 Å². The van der Waals surface area contributed by atoms with Crippen LogP contribution < -0.4 is 4.74 Å². The Labute approximate surface area is 186 Å². The third-order valence-corrected chi connectivity index (χ3v) is 5.42. The van der Waals surface area contributed by atoms with Crippen LogP contribution in [0.3, 0.4) is 0 Å². The smallest absolute Gasteiger partial charge is 0.443 e. The Morgan fingerprint density at radius 1 is 1.25 bits per heavy atom. The number of benzene rings is 1. The van der Waals surface area contributed by atoms with Crippen molar-refractivity contribution in [1.29, 1.82) is 0 Å². The SMILES string of the molecule is COC(=O)COc1ccc(CC(C)N(CC(=O)O)CC(O)c2csc(C(F)(F)F)n2)cc1. The minimum atomic E-state index is -4.61. The number of aliphatic hydroxyl groups is 1. The van der Waals surface area contributed by atoms with Gasteiger partial charge in [0.2, 0.25) is 0 Å². The first-order valence-corrected chi connectivity index (χ1v) is 10.3. The maximum absolute atomic E-state index is 12.8. The number of esters is 1. The summed E-state index contributed by atoms with van der Waals surface area (Å²) in [5.41, 5.74) is 0.679. The molecule has 0 aliphatic carbocycles. The molecule has 2 aromatic rings. The molecule has 0 radical (unpaired) electrons. The van der Waals surface area contributed by atoms with E-state index in [4.69, 9.17) is 4.74 Å². The Hall–Kier alpha value is -2.70. The summed E-state index contributed by atoms with van der Waals surface area (Å²) in [4.78, 5) is 27.3. The predicted molar refractivity (Wildman–Crippen MR) is 108 cm³/mol. The molecular weight excluding hydrogens is 453 g/mol.